The van der Waals surface area contributed by atoms with E-state index >= 15 is 0 Å². The van der Waals surface area contributed by atoms with E-state index in [1.165, 1.54) is 11.3 Å². The first-order valence-electron chi connectivity index (χ1n) is 4.63. The molecule has 2 N–H and O–H groups in total. The normalized spacial score (nSPS) is 12.8. The molecule has 0 saturated carbocycles. The summed E-state index contributed by atoms with van der Waals surface area (Å²) in [6, 6.07) is 4.90. The number of halogens is 2. The second kappa shape index (κ2) is 4.57. The average molecular weight is 302 g/mol. The summed E-state index contributed by atoms with van der Waals surface area (Å²) in [5, 5.41) is 9.11. The van der Waals surface area contributed by atoms with Gasteiger partial charge in [0.25, 0.3) is 0 Å². The molecule has 0 spiro atoms. The largest absolute Gasteiger partial charge is 0.322 e. The molecule has 1 aromatic carbocycles. The minimum absolute atomic E-state index is 0.179. The van der Waals surface area contributed by atoms with Gasteiger partial charge in [0.15, 0.2) is 5.01 Å². The maximum Gasteiger partial charge on any atom is 0.150 e. The second-order valence-corrected chi connectivity index (χ2v) is 5.20. The summed E-state index contributed by atoms with van der Waals surface area (Å²) in [5.74, 6) is -0.324. The summed E-state index contributed by atoms with van der Waals surface area (Å²) in [7, 11) is 0. The molecule has 0 radical (unpaired) electrons. The van der Waals surface area contributed by atoms with E-state index in [2.05, 4.69) is 26.1 Å². The summed E-state index contributed by atoms with van der Waals surface area (Å²) < 4.78 is 14.2. The average Bonchev–Trinajstić information content (AvgIpc) is 2.71. The Morgan fingerprint density at radius 1 is 1.44 bits per heavy atom. The Hall–Kier alpha value is -0.850. The van der Waals surface area contributed by atoms with E-state index < -0.39 is 0 Å². The van der Waals surface area contributed by atoms with Crippen molar-refractivity contribution in [3.05, 3.63) is 33.5 Å². The first-order chi connectivity index (χ1) is 7.59. The van der Waals surface area contributed by atoms with Crippen LogP contribution in [0.5, 0.6) is 0 Å². The Kier molecular flexibility index (Phi) is 3.32. The highest BCUT2D eigenvalue weighted by Crippen LogP contribution is 2.30. The van der Waals surface area contributed by atoms with Crippen LogP contribution in [-0.4, -0.2) is 10.2 Å². The minimum Gasteiger partial charge on any atom is -0.322 e. The summed E-state index contributed by atoms with van der Waals surface area (Å²) >= 11 is 4.44. The van der Waals surface area contributed by atoms with Gasteiger partial charge in [0, 0.05) is 5.56 Å². The Morgan fingerprint density at radius 3 is 2.81 bits per heavy atom. The van der Waals surface area contributed by atoms with Gasteiger partial charge in [-0.2, -0.15) is 0 Å². The molecule has 3 nitrogen and oxygen atoms in total. The number of benzene rings is 1. The van der Waals surface area contributed by atoms with Crippen LogP contribution >= 0.6 is 27.3 Å². The SMILES string of the molecule is CC(N)c1nnc(-c2cccc(Br)c2F)s1. The second-order valence-electron chi connectivity index (χ2n) is 3.34. The lowest BCUT2D eigenvalue weighted by molar-refractivity contribution is 0.624. The molecule has 0 amide bonds. The first-order valence-corrected chi connectivity index (χ1v) is 6.24. The summed E-state index contributed by atoms with van der Waals surface area (Å²) in [5.41, 5.74) is 6.12. The Balaban J connectivity index is 2.47. The molecule has 0 saturated heterocycles. The number of nitrogens with zero attached hydrogens (tertiary/aromatic N) is 2. The van der Waals surface area contributed by atoms with Gasteiger partial charge in [-0.1, -0.05) is 17.4 Å². The van der Waals surface area contributed by atoms with Gasteiger partial charge in [-0.15, -0.1) is 10.2 Å². The van der Waals surface area contributed by atoms with Crippen LogP contribution in [0.2, 0.25) is 0 Å². The van der Waals surface area contributed by atoms with Crippen molar-refractivity contribution in [2.45, 2.75) is 13.0 Å². The smallest absolute Gasteiger partial charge is 0.150 e. The van der Waals surface area contributed by atoms with Crippen LogP contribution < -0.4 is 5.73 Å². The zero-order valence-corrected chi connectivity index (χ0v) is 10.8. The lowest BCUT2D eigenvalue weighted by atomic mass is 10.2. The quantitative estimate of drug-likeness (QED) is 0.927. The van der Waals surface area contributed by atoms with E-state index in [9.17, 15) is 4.39 Å². The number of nitrogens with two attached hydrogens (primary N) is 1. The van der Waals surface area contributed by atoms with Crippen LogP contribution in [0.25, 0.3) is 10.6 Å². The predicted molar refractivity (Wildman–Crippen MR) is 65.6 cm³/mol. The maximum atomic E-state index is 13.8. The first kappa shape index (κ1) is 11.6. The third-order valence-corrected chi connectivity index (χ3v) is 3.78. The summed E-state index contributed by atoms with van der Waals surface area (Å²) in [4.78, 5) is 0. The highest BCUT2D eigenvalue weighted by atomic mass is 79.9. The Labute approximate surface area is 105 Å². The van der Waals surface area contributed by atoms with Gasteiger partial charge >= 0.3 is 0 Å². The molecule has 0 aliphatic carbocycles. The van der Waals surface area contributed by atoms with Crippen molar-refractivity contribution in [2.75, 3.05) is 0 Å². The fraction of sp³-hybridized carbons (Fsp3) is 0.200. The van der Waals surface area contributed by atoms with Gasteiger partial charge in [0.2, 0.25) is 0 Å². The van der Waals surface area contributed by atoms with Crippen molar-refractivity contribution < 1.29 is 4.39 Å². The van der Waals surface area contributed by atoms with E-state index in [1.54, 1.807) is 18.2 Å². The molecule has 0 aliphatic heterocycles. The molecule has 2 rings (SSSR count). The zero-order chi connectivity index (χ0) is 11.7. The number of hydrogen-bond donors (Lipinski definition) is 1. The monoisotopic (exact) mass is 301 g/mol. The minimum atomic E-state index is -0.324. The zero-order valence-electron chi connectivity index (χ0n) is 8.45. The highest BCUT2D eigenvalue weighted by molar-refractivity contribution is 9.10. The van der Waals surface area contributed by atoms with Gasteiger partial charge in [-0.05, 0) is 35.0 Å². The molecule has 16 heavy (non-hydrogen) atoms. The Bertz CT molecular complexity index is 513. The maximum absolute atomic E-state index is 13.8. The van der Waals surface area contributed by atoms with Crippen LogP contribution in [0.15, 0.2) is 22.7 Å². The predicted octanol–water partition coefficient (Wildman–Crippen LogP) is 3.13. The summed E-state index contributed by atoms with van der Waals surface area (Å²) in [6.45, 7) is 1.82. The molecule has 84 valence electrons. The van der Waals surface area contributed by atoms with E-state index in [4.69, 9.17) is 5.73 Å². The van der Waals surface area contributed by atoms with E-state index in [1.807, 2.05) is 6.92 Å². The molecular weight excluding hydrogens is 293 g/mol. The van der Waals surface area contributed by atoms with Crippen molar-refractivity contribution in [1.82, 2.24) is 10.2 Å². The molecule has 1 heterocycles. The van der Waals surface area contributed by atoms with Gasteiger partial charge < -0.3 is 5.73 Å². The molecule has 1 atom stereocenters. The number of aromatic nitrogens is 2. The van der Waals surface area contributed by atoms with Crippen molar-refractivity contribution in [3.8, 4) is 10.6 Å². The van der Waals surface area contributed by atoms with Gasteiger partial charge in [0.05, 0.1) is 10.5 Å². The molecule has 1 aromatic heterocycles. The van der Waals surface area contributed by atoms with E-state index in [-0.39, 0.29) is 11.9 Å². The van der Waals surface area contributed by atoms with Gasteiger partial charge in [-0.25, -0.2) is 4.39 Å². The molecule has 6 heteroatoms. The lowest BCUT2D eigenvalue weighted by Crippen LogP contribution is -2.03. The standard InChI is InChI=1S/C10H9BrFN3S/c1-5(13)9-14-15-10(16-9)6-3-2-4-7(11)8(6)12/h2-5H,13H2,1H3. The van der Waals surface area contributed by atoms with Crippen LogP contribution in [0, 0.1) is 5.82 Å². The van der Waals surface area contributed by atoms with Crippen molar-refractivity contribution in [2.24, 2.45) is 5.73 Å². The number of rotatable bonds is 2. The molecule has 0 aliphatic rings. The van der Waals surface area contributed by atoms with Crippen LogP contribution in [0.3, 0.4) is 0 Å². The molecular formula is C10H9BrFN3S. The van der Waals surface area contributed by atoms with Crippen molar-refractivity contribution in [1.29, 1.82) is 0 Å². The third kappa shape index (κ3) is 2.14. The van der Waals surface area contributed by atoms with Crippen LogP contribution in [0.1, 0.15) is 18.0 Å². The topological polar surface area (TPSA) is 51.8 Å². The molecule has 0 bridgehead atoms. The van der Waals surface area contributed by atoms with E-state index in [0.29, 0.717) is 20.1 Å². The Morgan fingerprint density at radius 2 is 2.19 bits per heavy atom. The number of hydrogen-bond acceptors (Lipinski definition) is 4. The van der Waals surface area contributed by atoms with Crippen LogP contribution in [0.4, 0.5) is 4.39 Å². The molecule has 2 aromatic rings. The molecule has 0 fully saturated rings. The van der Waals surface area contributed by atoms with Gasteiger partial charge in [-0.3, -0.25) is 0 Å². The lowest BCUT2D eigenvalue weighted by Gasteiger charge is -1.99. The summed E-state index contributed by atoms with van der Waals surface area (Å²) in [6.07, 6.45) is 0. The third-order valence-electron chi connectivity index (χ3n) is 2.01. The molecule has 1 unspecified atom stereocenters. The fourth-order valence-corrected chi connectivity index (χ4v) is 2.38. The van der Waals surface area contributed by atoms with Crippen molar-refractivity contribution in [3.63, 3.8) is 0 Å². The van der Waals surface area contributed by atoms with Gasteiger partial charge in [0.1, 0.15) is 10.8 Å². The highest BCUT2D eigenvalue weighted by Gasteiger charge is 2.14. The fourth-order valence-electron chi connectivity index (χ4n) is 1.20. The van der Waals surface area contributed by atoms with Crippen LogP contribution in [-0.2, 0) is 0 Å². The van der Waals surface area contributed by atoms with Crippen molar-refractivity contribution >= 4 is 27.3 Å². The van der Waals surface area contributed by atoms with E-state index in [0.717, 1.165) is 0 Å².